The van der Waals surface area contributed by atoms with Gasteiger partial charge >= 0.3 is 6.03 Å². The monoisotopic (exact) mass is 327 g/mol. The number of nitrogens with one attached hydrogen (secondary N) is 1. The Labute approximate surface area is 141 Å². The summed E-state index contributed by atoms with van der Waals surface area (Å²) in [4.78, 5) is 16.3. The molecule has 0 spiro atoms. The van der Waals surface area contributed by atoms with Crippen LogP contribution < -0.4 is 5.32 Å². The second-order valence-corrected chi connectivity index (χ2v) is 6.20. The predicted molar refractivity (Wildman–Crippen MR) is 93.2 cm³/mol. The van der Waals surface area contributed by atoms with Crippen molar-refractivity contribution < 1.29 is 9.18 Å². The van der Waals surface area contributed by atoms with E-state index in [9.17, 15) is 9.18 Å². The number of urea groups is 1. The standard InChI is InChI=1S/C19H22FN3O/c1-15-7-9-17(10-8-15)21-19(24)23-12-4-11-22(14-23)13-16-5-2-3-6-18(16)20/h2-3,5-10H,4,11-14H2,1H3,(H,21,24). The van der Waals surface area contributed by atoms with Crippen molar-refractivity contribution in [3.05, 3.63) is 65.5 Å². The number of anilines is 1. The first kappa shape index (κ1) is 16.5. The van der Waals surface area contributed by atoms with Crippen LogP contribution in [0.1, 0.15) is 17.5 Å². The molecule has 0 unspecified atom stereocenters. The zero-order valence-corrected chi connectivity index (χ0v) is 13.8. The Balaban J connectivity index is 1.59. The third-order valence-corrected chi connectivity index (χ3v) is 4.21. The van der Waals surface area contributed by atoms with Crippen molar-refractivity contribution in [2.24, 2.45) is 0 Å². The highest BCUT2D eigenvalue weighted by atomic mass is 19.1. The predicted octanol–water partition coefficient (Wildman–Crippen LogP) is 3.83. The average Bonchev–Trinajstić information content (AvgIpc) is 2.59. The lowest BCUT2D eigenvalue weighted by molar-refractivity contribution is 0.104. The van der Waals surface area contributed by atoms with Gasteiger partial charge in [0, 0.05) is 30.9 Å². The third-order valence-electron chi connectivity index (χ3n) is 4.21. The van der Waals surface area contributed by atoms with Crippen LogP contribution in [0.5, 0.6) is 0 Å². The fourth-order valence-corrected chi connectivity index (χ4v) is 2.87. The molecular weight excluding hydrogens is 305 g/mol. The van der Waals surface area contributed by atoms with Crippen molar-refractivity contribution in [3.8, 4) is 0 Å². The number of amides is 2. The number of carbonyl (C=O) groups is 1. The molecule has 1 heterocycles. The minimum atomic E-state index is -0.196. The molecule has 3 rings (SSSR count). The van der Waals surface area contributed by atoms with E-state index in [2.05, 4.69) is 10.2 Å². The molecule has 1 saturated heterocycles. The normalized spacial score (nSPS) is 15.3. The number of benzene rings is 2. The van der Waals surface area contributed by atoms with E-state index < -0.39 is 0 Å². The summed E-state index contributed by atoms with van der Waals surface area (Å²) in [7, 11) is 0. The smallest absolute Gasteiger partial charge is 0.311 e. The highest BCUT2D eigenvalue weighted by molar-refractivity contribution is 5.89. The molecule has 2 aromatic carbocycles. The number of rotatable bonds is 3. The molecule has 5 heteroatoms. The molecule has 2 aromatic rings. The van der Waals surface area contributed by atoms with E-state index in [1.54, 1.807) is 17.0 Å². The van der Waals surface area contributed by atoms with E-state index >= 15 is 0 Å². The maximum absolute atomic E-state index is 13.8. The Morgan fingerprint density at radius 2 is 1.88 bits per heavy atom. The summed E-state index contributed by atoms with van der Waals surface area (Å²) in [5.74, 6) is -0.196. The van der Waals surface area contributed by atoms with Crippen LogP contribution in [0.25, 0.3) is 0 Å². The summed E-state index contributed by atoms with van der Waals surface area (Å²) in [6.07, 6.45) is 0.885. The zero-order chi connectivity index (χ0) is 16.9. The molecule has 1 fully saturated rings. The van der Waals surface area contributed by atoms with Crippen LogP contribution in [0, 0.1) is 12.7 Å². The number of nitrogens with zero attached hydrogens (tertiary/aromatic N) is 2. The first-order valence-corrected chi connectivity index (χ1v) is 8.20. The second-order valence-electron chi connectivity index (χ2n) is 6.20. The highest BCUT2D eigenvalue weighted by Crippen LogP contribution is 2.15. The van der Waals surface area contributed by atoms with Crippen LogP contribution in [0.15, 0.2) is 48.5 Å². The largest absolute Gasteiger partial charge is 0.322 e. The Hall–Kier alpha value is -2.40. The van der Waals surface area contributed by atoms with E-state index in [0.29, 0.717) is 25.3 Å². The lowest BCUT2D eigenvalue weighted by Crippen LogP contribution is -2.48. The Bertz CT molecular complexity index is 702. The van der Waals surface area contributed by atoms with Crippen LogP contribution in [-0.4, -0.2) is 35.6 Å². The number of hydrogen-bond acceptors (Lipinski definition) is 2. The summed E-state index contributed by atoms with van der Waals surface area (Å²) in [6, 6.07) is 14.4. The molecule has 0 aliphatic carbocycles. The number of aryl methyl sites for hydroxylation is 1. The SMILES string of the molecule is Cc1ccc(NC(=O)N2CCCN(Cc3ccccc3F)C2)cc1. The van der Waals surface area contributed by atoms with Crippen molar-refractivity contribution in [3.63, 3.8) is 0 Å². The molecule has 0 atom stereocenters. The molecule has 0 radical (unpaired) electrons. The lowest BCUT2D eigenvalue weighted by atomic mass is 10.2. The van der Waals surface area contributed by atoms with Gasteiger partial charge in [-0.2, -0.15) is 0 Å². The van der Waals surface area contributed by atoms with E-state index in [-0.39, 0.29) is 11.8 Å². The number of hydrogen-bond donors (Lipinski definition) is 1. The molecule has 1 aliphatic heterocycles. The molecule has 1 aliphatic rings. The van der Waals surface area contributed by atoms with Gasteiger partial charge in [0.1, 0.15) is 5.82 Å². The fraction of sp³-hybridized carbons (Fsp3) is 0.316. The van der Waals surface area contributed by atoms with Gasteiger partial charge in [0.15, 0.2) is 0 Å². The Morgan fingerprint density at radius 1 is 1.12 bits per heavy atom. The summed E-state index contributed by atoms with van der Waals surface area (Å²) in [6.45, 7) is 4.61. The zero-order valence-electron chi connectivity index (χ0n) is 13.8. The Morgan fingerprint density at radius 3 is 2.62 bits per heavy atom. The second kappa shape index (κ2) is 7.45. The van der Waals surface area contributed by atoms with Crippen molar-refractivity contribution in [1.29, 1.82) is 0 Å². The minimum absolute atomic E-state index is 0.114. The van der Waals surface area contributed by atoms with Gasteiger partial charge < -0.3 is 10.2 Å². The van der Waals surface area contributed by atoms with Crippen LogP contribution in [0.3, 0.4) is 0 Å². The highest BCUT2D eigenvalue weighted by Gasteiger charge is 2.22. The molecular formula is C19H22FN3O. The van der Waals surface area contributed by atoms with Crippen LogP contribution >= 0.6 is 0 Å². The van der Waals surface area contributed by atoms with Gasteiger partial charge in [0.2, 0.25) is 0 Å². The first-order valence-electron chi connectivity index (χ1n) is 8.20. The van der Waals surface area contributed by atoms with E-state index in [1.807, 2.05) is 37.3 Å². The lowest BCUT2D eigenvalue weighted by Gasteiger charge is -2.35. The van der Waals surface area contributed by atoms with E-state index in [0.717, 1.165) is 24.2 Å². The molecule has 1 N–H and O–H groups in total. The quantitative estimate of drug-likeness (QED) is 0.930. The van der Waals surface area contributed by atoms with Crippen molar-refractivity contribution in [1.82, 2.24) is 9.80 Å². The van der Waals surface area contributed by atoms with Crippen LogP contribution in [-0.2, 0) is 6.54 Å². The number of halogens is 1. The van der Waals surface area contributed by atoms with Gasteiger partial charge in [-0.25, -0.2) is 9.18 Å². The summed E-state index contributed by atoms with van der Waals surface area (Å²) < 4.78 is 13.8. The molecule has 0 bridgehead atoms. The van der Waals surface area contributed by atoms with Crippen molar-refractivity contribution in [2.75, 3.05) is 25.1 Å². The molecule has 0 aromatic heterocycles. The molecule has 126 valence electrons. The van der Waals surface area contributed by atoms with E-state index in [1.165, 1.54) is 6.07 Å². The minimum Gasteiger partial charge on any atom is -0.311 e. The molecule has 24 heavy (non-hydrogen) atoms. The van der Waals surface area contributed by atoms with Gasteiger partial charge in [0.05, 0.1) is 6.67 Å². The number of carbonyl (C=O) groups excluding carboxylic acids is 1. The summed E-state index contributed by atoms with van der Waals surface area (Å²) >= 11 is 0. The van der Waals surface area contributed by atoms with Gasteiger partial charge in [-0.05, 0) is 31.5 Å². The molecule has 4 nitrogen and oxygen atoms in total. The average molecular weight is 327 g/mol. The summed E-state index contributed by atoms with van der Waals surface area (Å²) in [5.41, 5.74) is 2.61. The van der Waals surface area contributed by atoms with E-state index in [4.69, 9.17) is 0 Å². The Kier molecular flexibility index (Phi) is 5.11. The van der Waals surface area contributed by atoms with Crippen LogP contribution in [0.4, 0.5) is 14.9 Å². The first-order chi connectivity index (χ1) is 11.6. The fourth-order valence-electron chi connectivity index (χ4n) is 2.87. The van der Waals surface area contributed by atoms with Gasteiger partial charge in [0.25, 0.3) is 0 Å². The van der Waals surface area contributed by atoms with Crippen LogP contribution in [0.2, 0.25) is 0 Å². The molecule has 2 amide bonds. The maximum Gasteiger partial charge on any atom is 0.322 e. The van der Waals surface area contributed by atoms with Crippen molar-refractivity contribution >= 4 is 11.7 Å². The third kappa shape index (κ3) is 4.11. The summed E-state index contributed by atoms with van der Waals surface area (Å²) in [5, 5.41) is 2.92. The van der Waals surface area contributed by atoms with Gasteiger partial charge in [-0.15, -0.1) is 0 Å². The topological polar surface area (TPSA) is 35.6 Å². The van der Waals surface area contributed by atoms with Gasteiger partial charge in [-0.3, -0.25) is 4.90 Å². The maximum atomic E-state index is 13.8. The van der Waals surface area contributed by atoms with Crippen molar-refractivity contribution in [2.45, 2.75) is 19.9 Å². The van der Waals surface area contributed by atoms with Gasteiger partial charge in [-0.1, -0.05) is 35.9 Å². The molecule has 0 saturated carbocycles.